The molecule has 1 fully saturated rings. The molecule has 30 heavy (non-hydrogen) atoms. The van der Waals surface area contributed by atoms with Gasteiger partial charge in [0, 0.05) is 55.8 Å². The topological polar surface area (TPSA) is 82.7 Å². The number of amides is 1. The molecular formula is C23H26N4O2S. The van der Waals surface area contributed by atoms with Crippen LogP contribution in [0.2, 0.25) is 0 Å². The van der Waals surface area contributed by atoms with E-state index in [4.69, 9.17) is 10.7 Å². The van der Waals surface area contributed by atoms with E-state index in [9.17, 15) is 9.90 Å². The first-order chi connectivity index (χ1) is 14.6. The number of thiazole rings is 1. The Hall–Kier alpha value is -2.58. The molecule has 0 saturated carbocycles. The third kappa shape index (κ3) is 5.12. The van der Waals surface area contributed by atoms with Gasteiger partial charge < -0.3 is 10.8 Å². The summed E-state index contributed by atoms with van der Waals surface area (Å²) < 4.78 is 0. The van der Waals surface area contributed by atoms with Crippen LogP contribution in [0.5, 0.6) is 0 Å². The van der Waals surface area contributed by atoms with E-state index in [1.54, 1.807) is 23.5 Å². The number of aliphatic hydroxyl groups excluding tert-OH is 1. The second-order valence-electron chi connectivity index (χ2n) is 7.59. The summed E-state index contributed by atoms with van der Waals surface area (Å²) in [7, 11) is 0. The lowest BCUT2D eigenvalue weighted by molar-refractivity contribution is 0.0697. The molecule has 1 amide bonds. The molecule has 6 nitrogen and oxygen atoms in total. The maximum Gasteiger partial charge on any atom is 0.248 e. The molecule has 156 valence electrons. The van der Waals surface area contributed by atoms with E-state index in [0.717, 1.165) is 54.6 Å². The number of nitrogens with zero attached hydrogens (tertiary/aromatic N) is 3. The van der Waals surface area contributed by atoms with Gasteiger partial charge in [-0.05, 0) is 17.7 Å². The van der Waals surface area contributed by atoms with Gasteiger partial charge in [0.1, 0.15) is 5.01 Å². The minimum absolute atomic E-state index is 0.420. The Morgan fingerprint density at radius 3 is 2.37 bits per heavy atom. The molecule has 4 rings (SSSR count). The highest BCUT2D eigenvalue weighted by molar-refractivity contribution is 7.13. The molecule has 3 aromatic rings. The Balaban J connectivity index is 1.28. The van der Waals surface area contributed by atoms with Gasteiger partial charge in [-0.2, -0.15) is 0 Å². The first kappa shape index (κ1) is 20.7. The standard InChI is InChI=1S/C23H26N4O2S/c24-22(29)18-6-8-19(9-7-18)23-25-20(16-30-23)14-26-10-12-27(13-11-26)15-21(28)17-4-2-1-3-5-17/h1-9,16,21,28H,10-15H2,(H2,24,29). The number of carbonyl (C=O) groups is 1. The number of nitrogens with two attached hydrogens (primary N) is 1. The summed E-state index contributed by atoms with van der Waals surface area (Å²) in [6.07, 6.45) is -0.445. The van der Waals surface area contributed by atoms with Crippen LogP contribution in [-0.4, -0.2) is 58.5 Å². The fraction of sp³-hybridized carbons (Fsp3) is 0.304. The van der Waals surface area contributed by atoms with Crippen molar-refractivity contribution in [3.63, 3.8) is 0 Å². The second-order valence-corrected chi connectivity index (χ2v) is 8.45. The van der Waals surface area contributed by atoms with Gasteiger partial charge in [0.15, 0.2) is 0 Å². The fourth-order valence-electron chi connectivity index (χ4n) is 3.67. The summed E-state index contributed by atoms with van der Waals surface area (Å²) in [5.41, 5.74) is 8.84. The van der Waals surface area contributed by atoms with Gasteiger partial charge in [-0.1, -0.05) is 42.5 Å². The Kier molecular flexibility index (Phi) is 6.54. The number of primary amides is 1. The van der Waals surface area contributed by atoms with Crippen molar-refractivity contribution in [2.75, 3.05) is 32.7 Å². The SMILES string of the molecule is NC(=O)c1ccc(-c2nc(CN3CCN(CC(O)c4ccccc4)CC3)cs2)cc1. The zero-order chi connectivity index (χ0) is 20.9. The van der Waals surface area contributed by atoms with Crippen molar-refractivity contribution < 1.29 is 9.90 Å². The molecule has 1 unspecified atom stereocenters. The normalized spacial score (nSPS) is 16.4. The highest BCUT2D eigenvalue weighted by Crippen LogP contribution is 2.25. The number of piperazine rings is 1. The lowest BCUT2D eigenvalue weighted by Gasteiger charge is -2.35. The van der Waals surface area contributed by atoms with Gasteiger partial charge in [-0.25, -0.2) is 4.98 Å². The Labute approximate surface area is 180 Å². The van der Waals surface area contributed by atoms with Gasteiger partial charge in [0.05, 0.1) is 11.8 Å². The van der Waals surface area contributed by atoms with Gasteiger partial charge in [-0.3, -0.25) is 14.6 Å². The summed E-state index contributed by atoms with van der Waals surface area (Å²) in [4.78, 5) is 20.7. The number of aromatic nitrogens is 1. The van der Waals surface area contributed by atoms with E-state index in [1.165, 1.54) is 0 Å². The molecule has 1 aliphatic heterocycles. The Morgan fingerprint density at radius 1 is 1.03 bits per heavy atom. The minimum atomic E-state index is -0.445. The number of benzene rings is 2. The fourth-order valence-corrected chi connectivity index (χ4v) is 4.49. The molecule has 1 aromatic heterocycles. The Bertz CT molecular complexity index is 966. The third-order valence-corrected chi connectivity index (χ3v) is 6.37. The molecule has 2 aromatic carbocycles. The first-order valence-corrected chi connectivity index (χ1v) is 11.0. The van der Waals surface area contributed by atoms with Crippen molar-refractivity contribution in [3.05, 3.63) is 76.8 Å². The molecular weight excluding hydrogens is 396 g/mol. The van der Waals surface area contributed by atoms with Crippen LogP contribution in [0.15, 0.2) is 60.0 Å². The number of rotatable bonds is 7. The zero-order valence-corrected chi connectivity index (χ0v) is 17.6. The number of aliphatic hydroxyl groups is 1. The average Bonchev–Trinajstić information content (AvgIpc) is 3.24. The van der Waals surface area contributed by atoms with Crippen molar-refractivity contribution in [2.24, 2.45) is 5.73 Å². The number of hydrogen-bond donors (Lipinski definition) is 2. The second kappa shape index (κ2) is 9.49. The van der Waals surface area contributed by atoms with Crippen LogP contribution in [-0.2, 0) is 6.54 Å². The number of hydrogen-bond acceptors (Lipinski definition) is 6. The highest BCUT2D eigenvalue weighted by atomic mass is 32.1. The van der Waals surface area contributed by atoms with E-state index in [0.29, 0.717) is 12.1 Å². The maximum atomic E-state index is 11.2. The largest absolute Gasteiger partial charge is 0.387 e. The van der Waals surface area contributed by atoms with Crippen LogP contribution in [0.3, 0.4) is 0 Å². The molecule has 0 spiro atoms. The van der Waals surface area contributed by atoms with Crippen LogP contribution < -0.4 is 5.73 Å². The quantitative estimate of drug-likeness (QED) is 0.612. The lowest BCUT2D eigenvalue weighted by Crippen LogP contribution is -2.47. The van der Waals surface area contributed by atoms with E-state index in [-0.39, 0.29) is 0 Å². The van der Waals surface area contributed by atoms with Crippen LogP contribution >= 0.6 is 11.3 Å². The van der Waals surface area contributed by atoms with Crippen molar-refractivity contribution in [1.82, 2.24) is 14.8 Å². The van der Waals surface area contributed by atoms with Crippen LogP contribution in [0.25, 0.3) is 10.6 Å². The predicted molar refractivity (Wildman–Crippen MR) is 119 cm³/mol. The summed E-state index contributed by atoms with van der Waals surface area (Å²) >= 11 is 1.61. The monoisotopic (exact) mass is 422 g/mol. The zero-order valence-electron chi connectivity index (χ0n) is 16.8. The van der Waals surface area contributed by atoms with Crippen molar-refractivity contribution in [2.45, 2.75) is 12.6 Å². The van der Waals surface area contributed by atoms with E-state index < -0.39 is 12.0 Å². The lowest BCUT2D eigenvalue weighted by atomic mass is 10.1. The van der Waals surface area contributed by atoms with Gasteiger partial charge in [0.25, 0.3) is 0 Å². The average molecular weight is 423 g/mol. The summed E-state index contributed by atoms with van der Waals surface area (Å²) in [5.74, 6) is -0.420. The summed E-state index contributed by atoms with van der Waals surface area (Å²) in [6.45, 7) is 5.29. The molecule has 0 bridgehead atoms. The maximum absolute atomic E-state index is 11.2. The van der Waals surface area contributed by atoms with Crippen molar-refractivity contribution in [3.8, 4) is 10.6 Å². The van der Waals surface area contributed by atoms with Crippen molar-refractivity contribution in [1.29, 1.82) is 0 Å². The summed E-state index contributed by atoms with van der Waals surface area (Å²) in [5, 5.41) is 13.5. The molecule has 1 atom stereocenters. The van der Waals surface area contributed by atoms with E-state index >= 15 is 0 Å². The smallest absolute Gasteiger partial charge is 0.248 e. The summed E-state index contributed by atoms with van der Waals surface area (Å²) in [6, 6.07) is 17.1. The first-order valence-electron chi connectivity index (χ1n) is 10.1. The molecule has 7 heteroatoms. The van der Waals surface area contributed by atoms with Gasteiger partial charge in [-0.15, -0.1) is 11.3 Å². The molecule has 2 heterocycles. The predicted octanol–water partition coefficient (Wildman–Crippen LogP) is 2.76. The van der Waals surface area contributed by atoms with Crippen LogP contribution in [0.1, 0.15) is 27.7 Å². The van der Waals surface area contributed by atoms with Crippen LogP contribution in [0, 0.1) is 0 Å². The van der Waals surface area contributed by atoms with Gasteiger partial charge in [0.2, 0.25) is 5.91 Å². The molecule has 1 aliphatic rings. The number of carbonyl (C=O) groups excluding carboxylic acids is 1. The minimum Gasteiger partial charge on any atom is -0.387 e. The molecule has 3 N–H and O–H groups in total. The molecule has 0 aliphatic carbocycles. The third-order valence-electron chi connectivity index (χ3n) is 5.43. The number of β-amino-alcohol motifs (C(OH)–C–C–N with tert-alkyl or cyclic N) is 1. The van der Waals surface area contributed by atoms with Crippen LogP contribution in [0.4, 0.5) is 0 Å². The highest BCUT2D eigenvalue weighted by Gasteiger charge is 2.20. The van der Waals surface area contributed by atoms with Crippen molar-refractivity contribution >= 4 is 17.2 Å². The Morgan fingerprint density at radius 2 is 1.70 bits per heavy atom. The molecule has 0 radical (unpaired) electrons. The van der Waals surface area contributed by atoms with Gasteiger partial charge >= 0.3 is 0 Å². The molecule has 1 saturated heterocycles. The van der Waals surface area contributed by atoms with E-state index in [1.807, 2.05) is 42.5 Å². The van der Waals surface area contributed by atoms with E-state index in [2.05, 4.69) is 15.2 Å².